The van der Waals surface area contributed by atoms with E-state index in [9.17, 15) is 4.79 Å². The molecule has 0 saturated carbocycles. The monoisotopic (exact) mass is 464 g/mol. The normalized spacial score (nSPS) is 11.6. The average molecular weight is 465 g/mol. The van der Waals surface area contributed by atoms with Gasteiger partial charge in [-0.1, -0.05) is 36.4 Å². The summed E-state index contributed by atoms with van der Waals surface area (Å²) in [4.78, 5) is 18.0. The second kappa shape index (κ2) is 8.68. The molecular weight excluding hydrogens is 440 g/mol. The number of carbonyl (C=O) groups excluding carboxylic acids is 1. The Bertz CT molecular complexity index is 1680. The van der Waals surface area contributed by atoms with Crippen LogP contribution in [0.4, 0.5) is 0 Å². The first-order chi connectivity index (χ1) is 17.2. The van der Waals surface area contributed by atoms with E-state index >= 15 is 0 Å². The molecule has 4 aromatic heterocycles. The number of imidazole rings is 1. The molecule has 0 aliphatic rings. The predicted octanol–water partition coefficient (Wildman–Crippen LogP) is 3.47. The van der Waals surface area contributed by atoms with E-state index in [1.165, 1.54) is 0 Å². The molecule has 6 aromatic rings. The first kappa shape index (κ1) is 21.0. The Hall–Kier alpha value is -4.53. The fourth-order valence-corrected chi connectivity index (χ4v) is 4.58. The predicted molar refractivity (Wildman–Crippen MR) is 133 cm³/mol. The lowest BCUT2D eigenvalue weighted by Crippen LogP contribution is -2.27. The topological polar surface area (TPSA) is 94.9 Å². The molecular formula is C26H24N8O. The van der Waals surface area contributed by atoms with Crippen molar-refractivity contribution in [3.8, 4) is 0 Å². The van der Waals surface area contributed by atoms with Gasteiger partial charge in [0.15, 0.2) is 11.3 Å². The van der Waals surface area contributed by atoms with E-state index in [2.05, 4.69) is 33.1 Å². The van der Waals surface area contributed by atoms with Crippen LogP contribution in [0.25, 0.3) is 27.6 Å². The third kappa shape index (κ3) is 3.71. The zero-order valence-electron chi connectivity index (χ0n) is 19.3. The molecule has 1 amide bonds. The number of nitrogens with zero attached hydrogens (tertiary/aromatic N) is 7. The third-order valence-corrected chi connectivity index (χ3v) is 6.23. The molecule has 0 unspecified atom stereocenters. The van der Waals surface area contributed by atoms with E-state index in [1.807, 2.05) is 75.9 Å². The minimum absolute atomic E-state index is 0.210. The average Bonchev–Trinajstić information content (AvgIpc) is 3.58. The van der Waals surface area contributed by atoms with Crippen molar-refractivity contribution in [2.24, 2.45) is 0 Å². The van der Waals surface area contributed by atoms with Crippen LogP contribution in [0.15, 0.2) is 72.9 Å². The van der Waals surface area contributed by atoms with Crippen LogP contribution in [0.5, 0.6) is 0 Å². The van der Waals surface area contributed by atoms with Gasteiger partial charge in [0.25, 0.3) is 5.91 Å². The standard InChI is InChI=1S/C26H24N8O/c1-2-32-21-12-6-4-10-19(21)28-24(32)17-34-20-11-5-3-9-18(20)25(31-34)26(35)27-15-14-23-30-29-22-13-7-8-16-33(22)23/h3-13,16H,2,14-15,17H2,1H3,(H,27,35). The molecule has 0 fully saturated rings. The fourth-order valence-electron chi connectivity index (χ4n) is 4.58. The molecule has 0 spiro atoms. The molecule has 0 saturated heterocycles. The van der Waals surface area contributed by atoms with Crippen molar-refractivity contribution in [1.82, 2.24) is 39.2 Å². The van der Waals surface area contributed by atoms with Gasteiger partial charge in [-0.05, 0) is 37.3 Å². The summed E-state index contributed by atoms with van der Waals surface area (Å²) in [5.74, 6) is 1.50. The summed E-state index contributed by atoms with van der Waals surface area (Å²) < 4.78 is 5.98. The molecule has 0 aliphatic heterocycles. The number of hydrogen-bond acceptors (Lipinski definition) is 5. The second-order valence-electron chi connectivity index (χ2n) is 8.34. The number of rotatable bonds is 7. The third-order valence-electron chi connectivity index (χ3n) is 6.23. The Kier molecular flexibility index (Phi) is 5.21. The van der Waals surface area contributed by atoms with Gasteiger partial charge in [0.05, 0.1) is 23.1 Å². The van der Waals surface area contributed by atoms with Crippen molar-refractivity contribution in [3.63, 3.8) is 0 Å². The first-order valence-electron chi connectivity index (χ1n) is 11.7. The lowest BCUT2D eigenvalue weighted by molar-refractivity contribution is 0.0949. The molecule has 2 aromatic carbocycles. The van der Waals surface area contributed by atoms with Gasteiger partial charge >= 0.3 is 0 Å². The smallest absolute Gasteiger partial charge is 0.272 e. The Balaban J connectivity index is 1.26. The number of amides is 1. The summed E-state index contributed by atoms with van der Waals surface area (Å²) in [5.41, 5.74) is 4.15. The van der Waals surface area contributed by atoms with Crippen LogP contribution in [0.2, 0.25) is 0 Å². The zero-order chi connectivity index (χ0) is 23.8. The molecule has 0 radical (unpaired) electrons. The molecule has 0 bridgehead atoms. The van der Waals surface area contributed by atoms with Crippen molar-refractivity contribution >= 4 is 33.5 Å². The highest BCUT2D eigenvalue weighted by molar-refractivity contribution is 6.04. The van der Waals surface area contributed by atoms with Gasteiger partial charge in [0.2, 0.25) is 0 Å². The number of benzene rings is 2. The number of fused-ring (bicyclic) bond motifs is 3. The quantitative estimate of drug-likeness (QED) is 0.390. The summed E-state index contributed by atoms with van der Waals surface area (Å²) in [6, 6.07) is 21.7. The highest BCUT2D eigenvalue weighted by atomic mass is 16.1. The molecule has 0 aliphatic carbocycles. The fraction of sp³-hybridized carbons (Fsp3) is 0.192. The molecule has 9 heteroatoms. The molecule has 0 atom stereocenters. The van der Waals surface area contributed by atoms with Crippen LogP contribution in [-0.2, 0) is 19.5 Å². The van der Waals surface area contributed by atoms with E-state index in [0.29, 0.717) is 25.2 Å². The maximum Gasteiger partial charge on any atom is 0.272 e. The lowest BCUT2D eigenvalue weighted by atomic mass is 10.2. The molecule has 35 heavy (non-hydrogen) atoms. The van der Waals surface area contributed by atoms with Gasteiger partial charge < -0.3 is 9.88 Å². The number of carbonyl (C=O) groups is 1. The maximum absolute atomic E-state index is 13.1. The highest BCUT2D eigenvalue weighted by Gasteiger charge is 2.19. The number of hydrogen-bond donors (Lipinski definition) is 1. The van der Waals surface area contributed by atoms with Crippen molar-refractivity contribution in [2.45, 2.75) is 26.4 Å². The summed E-state index contributed by atoms with van der Waals surface area (Å²) in [7, 11) is 0. The van der Waals surface area contributed by atoms with E-state index in [1.54, 1.807) is 0 Å². The Labute approximate surface area is 201 Å². The summed E-state index contributed by atoms with van der Waals surface area (Å²) in [6.07, 6.45) is 2.49. The maximum atomic E-state index is 13.1. The first-order valence-corrected chi connectivity index (χ1v) is 11.7. The van der Waals surface area contributed by atoms with Crippen LogP contribution in [0.3, 0.4) is 0 Å². The largest absolute Gasteiger partial charge is 0.350 e. The van der Waals surface area contributed by atoms with Crippen LogP contribution >= 0.6 is 0 Å². The number of aromatic nitrogens is 7. The van der Waals surface area contributed by atoms with Crippen LogP contribution in [0.1, 0.15) is 29.1 Å². The Morgan fingerprint density at radius 3 is 2.60 bits per heavy atom. The van der Waals surface area contributed by atoms with Crippen LogP contribution < -0.4 is 5.32 Å². The van der Waals surface area contributed by atoms with Crippen molar-refractivity contribution < 1.29 is 4.79 Å². The summed E-state index contributed by atoms with van der Waals surface area (Å²) >= 11 is 0. The SMILES string of the molecule is CCn1c(Cn2nc(C(=O)NCCc3nnc4ccccn34)c3ccccc32)nc2ccccc21. The number of aryl methyl sites for hydroxylation is 1. The van der Waals surface area contributed by atoms with Crippen molar-refractivity contribution in [1.29, 1.82) is 0 Å². The van der Waals surface area contributed by atoms with E-state index < -0.39 is 0 Å². The Morgan fingerprint density at radius 1 is 0.914 bits per heavy atom. The lowest BCUT2D eigenvalue weighted by Gasteiger charge is -2.07. The van der Waals surface area contributed by atoms with Crippen molar-refractivity contribution in [3.05, 3.63) is 90.3 Å². The van der Waals surface area contributed by atoms with Gasteiger partial charge in [-0.2, -0.15) is 5.10 Å². The number of para-hydroxylation sites is 3. The van der Waals surface area contributed by atoms with Gasteiger partial charge in [-0.15, -0.1) is 10.2 Å². The van der Waals surface area contributed by atoms with E-state index in [0.717, 1.165) is 45.8 Å². The van der Waals surface area contributed by atoms with Gasteiger partial charge in [0, 0.05) is 31.1 Å². The van der Waals surface area contributed by atoms with Crippen LogP contribution in [0, 0.1) is 0 Å². The van der Waals surface area contributed by atoms with Crippen molar-refractivity contribution in [2.75, 3.05) is 6.54 Å². The number of pyridine rings is 1. The minimum Gasteiger partial charge on any atom is -0.350 e. The summed E-state index contributed by atoms with van der Waals surface area (Å²) in [5, 5.41) is 16.9. The Morgan fingerprint density at radius 2 is 1.71 bits per heavy atom. The highest BCUT2D eigenvalue weighted by Crippen LogP contribution is 2.22. The summed E-state index contributed by atoms with van der Waals surface area (Å²) in [6.45, 7) is 3.82. The second-order valence-corrected chi connectivity index (χ2v) is 8.34. The van der Waals surface area contributed by atoms with E-state index in [4.69, 9.17) is 10.1 Å². The van der Waals surface area contributed by atoms with Gasteiger partial charge in [-0.3, -0.25) is 13.9 Å². The minimum atomic E-state index is -0.210. The molecule has 1 N–H and O–H groups in total. The molecule has 174 valence electrons. The number of nitrogens with one attached hydrogen (secondary N) is 1. The van der Waals surface area contributed by atoms with Crippen LogP contribution in [-0.4, -0.2) is 46.4 Å². The van der Waals surface area contributed by atoms with Gasteiger partial charge in [-0.25, -0.2) is 4.98 Å². The van der Waals surface area contributed by atoms with E-state index in [-0.39, 0.29) is 5.91 Å². The molecule has 9 nitrogen and oxygen atoms in total. The van der Waals surface area contributed by atoms with Gasteiger partial charge in [0.1, 0.15) is 11.6 Å². The molecule has 6 rings (SSSR count). The zero-order valence-corrected chi connectivity index (χ0v) is 19.3. The molecule has 4 heterocycles.